The third-order valence-electron chi connectivity index (χ3n) is 4.44. The molecule has 2 N–H and O–H groups in total. The highest BCUT2D eigenvalue weighted by Crippen LogP contribution is 2.28. The summed E-state index contributed by atoms with van der Waals surface area (Å²) in [6, 6.07) is 7.53. The number of rotatable bonds is 4. The summed E-state index contributed by atoms with van der Waals surface area (Å²) in [4.78, 5) is 26.7. The lowest BCUT2D eigenvalue weighted by molar-refractivity contribution is -0.140. The Morgan fingerprint density at radius 3 is 2.62 bits per heavy atom. The van der Waals surface area contributed by atoms with Crippen LogP contribution in [0.3, 0.4) is 0 Å². The molecule has 3 rings (SSSR count). The first-order valence-electron chi connectivity index (χ1n) is 7.88. The molecular weight excluding hydrogens is 304 g/mol. The number of aromatic amines is 1. The fourth-order valence-corrected chi connectivity index (χ4v) is 3.09. The minimum absolute atomic E-state index is 0.0799. The number of aromatic nitrogens is 1. The maximum absolute atomic E-state index is 12.0. The van der Waals surface area contributed by atoms with Gasteiger partial charge in [-0.3, -0.25) is 9.59 Å². The van der Waals surface area contributed by atoms with Gasteiger partial charge in [0.2, 0.25) is 0 Å². The van der Waals surface area contributed by atoms with Crippen LogP contribution in [0.15, 0.2) is 24.3 Å². The van der Waals surface area contributed by atoms with Crippen LogP contribution in [-0.4, -0.2) is 24.0 Å². The lowest BCUT2D eigenvalue weighted by atomic mass is 10.0. The maximum Gasteiger partial charge on any atom is 0.305 e. The highest BCUT2D eigenvalue weighted by atomic mass is 16.5. The van der Waals surface area contributed by atoms with Crippen LogP contribution in [0.5, 0.6) is 0 Å². The Balaban J connectivity index is 1.92. The van der Waals surface area contributed by atoms with Crippen LogP contribution in [0.4, 0.5) is 0 Å². The predicted octanol–water partition coefficient (Wildman–Crippen LogP) is 2.98. The van der Waals surface area contributed by atoms with Gasteiger partial charge in [-0.2, -0.15) is 0 Å². The monoisotopic (exact) mass is 324 g/mol. The molecule has 5 heteroatoms. The van der Waals surface area contributed by atoms with Crippen LogP contribution >= 0.6 is 0 Å². The zero-order chi connectivity index (χ0) is 17.3. The van der Waals surface area contributed by atoms with E-state index in [0.29, 0.717) is 18.4 Å². The van der Waals surface area contributed by atoms with Crippen molar-refractivity contribution in [2.24, 2.45) is 0 Å². The largest absolute Gasteiger partial charge is 0.469 e. The highest BCUT2D eigenvalue weighted by Gasteiger charge is 2.23. The molecule has 2 heterocycles. The Morgan fingerprint density at radius 1 is 1.21 bits per heavy atom. The number of hydrogen-bond donors (Lipinski definition) is 2. The van der Waals surface area contributed by atoms with Crippen LogP contribution in [0.1, 0.15) is 44.9 Å². The van der Waals surface area contributed by atoms with Gasteiger partial charge in [0.15, 0.2) is 0 Å². The smallest absolute Gasteiger partial charge is 0.305 e. The fraction of sp³-hybridized carbons (Fsp3) is 0.263. The number of methoxy groups -OCH3 is 1. The fourth-order valence-electron chi connectivity index (χ4n) is 3.09. The van der Waals surface area contributed by atoms with Crippen molar-refractivity contribution in [2.75, 3.05) is 7.11 Å². The lowest BCUT2D eigenvalue weighted by Gasteiger charge is -2.02. The molecule has 24 heavy (non-hydrogen) atoms. The second-order valence-electron chi connectivity index (χ2n) is 5.90. The number of amides is 1. The molecule has 0 unspecified atom stereocenters. The van der Waals surface area contributed by atoms with Crippen LogP contribution in [0.25, 0.3) is 11.8 Å². The molecule has 5 nitrogen and oxygen atoms in total. The standard InChI is InChI=1S/C19H20N2O3/c1-11-13(8-9-18(22)24-3)12(2)20-16(11)10-17-14-6-4-5-7-15(14)19(23)21-17/h4-7,10,20H,8-9H2,1-3H3,(H,21,23)/b17-10-. The molecule has 1 aliphatic rings. The number of benzene rings is 1. The number of aryl methyl sites for hydroxylation is 1. The van der Waals surface area contributed by atoms with Crippen molar-refractivity contribution in [3.8, 4) is 0 Å². The molecule has 1 aromatic carbocycles. The average Bonchev–Trinajstić information content (AvgIpc) is 3.03. The Hall–Kier alpha value is -2.82. The molecular formula is C19H20N2O3. The number of esters is 1. The quantitative estimate of drug-likeness (QED) is 0.849. The number of H-pyrrole nitrogens is 1. The zero-order valence-electron chi connectivity index (χ0n) is 14.0. The molecule has 1 aliphatic heterocycles. The molecule has 0 aliphatic carbocycles. The molecule has 1 amide bonds. The van der Waals surface area contributed by atoms with E-state index in [1.54, 1.807) is 0 Å². The molecule has 0 bridgehead atoms. The van der Waals surface area contributed by atoms with Gasteiger partial charge in [0.25, 0.3) is 5.91 Å². The number of nitrogens with one attached hydrogen (secondary N) is 2. The van der Waals surface area contributed by atoms with Crippen LogP contribution in [0, 0.1) is 13.8 Å². The zero-order valence-corrected chi connectivity index (χ0v) is 14.0. The average molecular weight is 324 g/mol. The van der Waals surface area contributed by atoms with E-state index in [9.17, 15) is 9.59 Å². The van der Waals surface area contributed by atoms with E-state index in [2.05, 4.69) is 10.3 Å². The Morgan fingerprint density at radius 2 is 1.92 bits per heavy atom. The topological polar surface area (TPSA) is 71.2 Å². The van der Waals surface area contributed by atoms with E-state index < -0.39 is 0 Å². The minimum atomic E-state index is -0.216. The molecule has 0 saturated heterocycles. The summed E-state index contributed by atoms with van der Waals surface area (Å²) in [5.74, 6) is -0.296. The van der Waals surface area contributed by atoms with Gasteiger partial charge in [-0.25, -0.2) is 0 Å². The van der Waals surface area contributed by atoms with Crippen molar-refractivity contribution in [1.82, 2.24) is 10.3 Å². The van der Waals surface area contributed by atoms with Gasteiger partial charge in [-0.1, -0.05) is 18.2 Å². The molecule has 0 saturated carbocycles. The number of fused-ring (bicyclic) bond motifs is 1. The van der Waals surface area contributed by atoms with Crippen LogP contribution in [0.2, 0.25) is 0 Å². The predicted molar refractivity (Wildman–Crippen MR) is 92.4 cm³/mol. The summed E-state index contributed by atoms with van der Waals surface area (Å²) in [5.41, 5.74) is 6.56. The molecule has 2 aromatic rings. The second kappa shape index (κ2) is 6.35. The Kier molecular flexibility index (Phi) is 4.25. The molecule has 124 valence electrons. The molecule has 0 fully saturated rings. The third kappa shape index (κ3) is 2.85. The van der Waals surface area contributed by atoms with Crippen molar-refractivity contribution < 1.29 is 14.3 Å². The van der Waals surface area contributed by atoms with Crippen molar-refractivity contribution in [3.63, 3.8) is 0 Å². The van der Waals surface area contributed by atoms with Crippen LogP contribution < -0.4 is 5.32 Å². The van der Waals surface area contributed by atoms with E-state index in [-0.39, 0.29) is 11.9 Å². The summed E-state index contributed by atoms with van der Waals surface area (Å²) >= 11 is 0. The summed E-state index contributed by atoms with van der Waals surface area (Å²) < 4.78 is 4.71. The van der Waals surface area contributed by atoms with Crippen molar-refractivity contribution in [2.45, 2.75) is 26.7 Å². The summed E-state index contributed by atoms with van der Waals surface area (Å²) in [5, 5.41) is 2.91. The summed E-state index contributed by atoms with van der Waals surface area (Å²) in [7, 11) is 1.40. The maximum atomic E-state index is 12.0. The first-order chi connectivity index (χ1) is 11.5. The van der Waals surface area contributed by atoms with Gasteiger partial charge in [-0.15, -0.1) is 0 Å². The minimum Gasteiger partial charge on any atom is -0.469 e. The summed E-state index contributed by atoms with van der Waals surface area (Å²) in [6.45, 7) is 4.01. The highest BCUT2D eigenvalue weighted by molar-refractivity contribution is 6.11. The van der Waals surface area contributed by atoms with Crippen molar-refractivity contribution in [3.05, 3.63) is 57.9 Å². The SMILES string of the molecule is COC(=O)CCc1c(C)[nH]c(/C=C2\NC(=O)c3ccccc32)c1C. The van der Waals surface area contributed by atoms with Gasteiger partial charge in [-0.05, 0) is 43.5 Å². The van der Waals surface area contributed by atoms with Gasteiger partial charge in [0, 0.05) is 28.9 Å². The first-order valence-corrected chi connectivity index (χ1v) is 7.88. The molecule has 0 spiro atoms. The van der Waals surface area contributed by atoms with E-state index in [0.717, 1.165) is 33.8 Å². The first kappa shape index (κ1) is 16.1. The molecule has 1 aromatic heterocycles. The molecule has 0 radical (unpaired) electrons. The van der Waals surface area contributed by atoms with Crippen molar-refractivity contribution in [1.29, 1.82) is 0 Å². The third-order valence-corrected chi connectivity index (χ3v) is 4.44. The van der Waals surface area contributed by atoms with Gasteiger partial charge >= 0.3 is 5.97 Å². The van der Waals surface area contributed by atoms with E-state index in [4.69, 9.17) is 4.74 Å². The summed E-state index contributed by atoms with van der Waals surface area (Å²) in [6.07, 6.45) is 2.94. The lowest BCUT2D eigenvalue weighted by Crippen LogP contribution is -2.12. The number of carbonyl (C=O) groups is 2. The Bertz CT molecular complexity index is 846. The van der Waals surface area contributed by atoms with Gasteiger partial charge in [0.05, 0.1) is 12.8 Å². The molecule has 0 atom stereocenters. The number of ether oxygens (including phenoxy) is 1. The van der Waals surface area contributed by atoms with E-state index in [1.165, 1.54) is 7.11 Å². The number of carbonyl (C=O) groups excluding carboxylic acids is 2. The van der Waals surface area contributed by atoms with E-state index >= 15 is 0 Å². The second-order valence-corrected chi connectivity index (χ2v) is 5.90. The van der Waals surface area contributed by atoms with E-state index in [1.807, 2.05) is 44.2 Å². The van der Waals surface area contributed by atoms with Crippen molar-refractivity contribution >= 4 is 23.6 Å². The van der Waals surface area contributed by atoms with Gasteiger partial charge < -0.3 is 15.0 Å². The normalized spacial score (nSPS) is 14.6. The number of hydrogen-bond acceptors (Lipinski definition) is 3. The van der Waals surface area contributed by atoms with Gasteiger partial charge in [0.1, 0.15) is 0 Å². The van der Waals surface area contributed by atoms with Crippen LogP contribution in [-0.2, 0) is 16.0 Å². The Labute approximate surface area is 140 Å².